The van der Waals surface area contributed by atoms with Crippen LogP contribution in [0.15, 0.2) is 179 Å². The maximum absolute atomic E-state index is 6.73. The molecule has 1 radical (unpaired) electrons. The molecule has 71 heavy (non-hydrogen) atoms. The average molecular weight is 1120 g/mol. The Morgan fingerprint density at radius 3 is 1.80 bits per heavy atom. The van der Waals surface area contributed by atoms with Gasteiger partial charge in [-0.2, -0.15) is 0 Å². The van der Waals surface area contributed by atoms with Gasteiger partial charge >= 0.3 is 0 Å². The quantitative estimate of drug-likeness (QED) is 0.112. The molecule has 7 aromatic carbocycles. The standard InChI is InChI=1S/C43H35N2O.C20H19N2OSi.Ir/c1-27(2)36-24-32(30-16-9-6-10-17-30)25-37(28(3)4)41(36)45-39-21-12-11-20-38(39)44-43(45)35-19-13-18-34-33-23-22-31(26-40(33)46-42(34)35)29-14-7-5-8-15-29;1-13-8-10-16-15-6-5-7-17(19(15)23-20(16)22-13)18-11-9-14(12-21-18)24(2,3)4;/h5-18,20-28H,1-4H3;5-6,8-12H,1-4H3;/q2*-1;. The van der Waals surface area contributed by atoms with E-state index in [0.717, 1.165) is 83.2 Å². The minimum absolute atomic E-state index is 0. The van der Waals surface area contributed by atoms with Crippen molar-refractivity contribution in [2.75, 3.05) is 0 Å². The zero-order chi connectivity index (χ0) is 48.3. The summed E-state index contributed by atoms with van der Waals surface area (Å²) in [7, 11) is -1.35. The predicted molar refractivity (Wildman–Crippen MR) is 293 cm³/mol. The van der Waals surface area contributed by atoms with Gasteiger partial charge < -0.3 is 18.4 Å². The number of pyridine rings is 2. The summed E-state index contributed by atoms with van der Waals surface area (Å²) in [6.45, 7) is 18.1. The zero-order valence-corrected chi connectivity index (χ0v) is 44.7. The number of hydrogen-bond donors (Lipinski definition) is 0. The maximum Gasteiger partial charge on any atom is 0.216 e. The van der Waals surface area contributed by atoms with Crippen LogP contribution in [-0.4, -0.2) is 27.6 Å². The van der Waals surface area contributed by atoms with Crippen molar-refractivity contribution in [3.63, 3.8) is 0 Å². The largest absolute Gasteiger partial charge is 0.501 e. The topological polar surface area (TPSA) is 69.9 Å². The van der Waals surface area contributed by atoms with Crippen LogP contribution >= 0.6 is 0 Å². The van der Waals surface area contributed by atoms with Gasteiger partial charge in [-0.1, -0.05) is 166 Å². The summed E-state index contributed by atoms with van der Waals surface area (Å²) in [6.07, 6.45) is 2.00. The van der Waals surface area contributed by atoms with Gasteiger partial charge in [0, 0.05) is 48.5 Å². The number of nitrogens with zero attached hydrogens (tertiary/aromatic N) is 4. The smallest absolute Gasteiger partial charge is 0.216 e. The van der Waals surface area contributed by atoms with Crippen molar-refractivity contribution < 1.29 is 28.9 Å². The Morgan fingerprint density at radius 1 is 0.549 bits per heavy atom. The van der Waals surface area contributed by atoms with E-state index in [9.17, 15) is 0 Å². The fraction of sp³-hybridized carbons (Fsp3) is 0.159. The van der Waals surface area contributed by atoms with Gasteiger partial charge in [0.05, 0.1) is 36.1 Å². The second-order valence-corrected chi connectivity index (χ2v) is 25.0. The zero-order valence-electron chi connectivity index (χ0n) is 41.3. The van der Waals surface area contributed by atoms with Crippen molar-refractivity contribution >= 4 is 68.3 Å². The number of fused-ring (bicyclic) bond motifs is 7. The van der Waals surface area contributed by atoms with E-state index in [0.29, 0.717) is 5.71 Å². The van der Waals surface area contributed by atoms with Crippen molar-refractivity contribution in [3.05, 3.63) is 199 Å². The molecule has 12 aromatic rings. The van der Waals surface area contributed by atoms with Crippen molar-refractivity contribution in [1.82, 2.24) is 19.5 Å². The monoisotopic (exact) mass is 1120 g/mol. The predicted octanol–water partition coefficient (Wildman–Crippen LogP) is 16.7. The first kappa shape index (κ1) is 47.5. The number of imidazole rings is 1. The molecule has 0 amide bonds. The third kappa shape index (κ3) is 8.86. The van der Waals surface area contributed by atoms with E-state index in [1.54, 1.807) is 0 Å². The van der Waals surface area contributed by atoms with Crippen LogP contribution in [0.1, 0.15) is 56.4 Å². The van der Waals surface area contributed by atoms with Crippen molar-refractivity contribution in [3.8, 4) is 50.6 Å². The summed E-state index contributed by atoms with van der Waals surface area (Å²) < 4.78 is 15.1. The average Bonchev–Trinajstić information content (AvgIpc) is 4.07. The molecule has 0 fully saturated rings. The summed E-state index contributed by atoms with van der Waals surface area (Å²) in [4.78, 5) is 14.5. The fourth-order valence-corrected chi connectivity index (χ4v) is 10.7. The van der Waals surface area contributed by atoms with E-state index in [1.165, 1.54) is 38.7 Å². The molecule has 0 spiro atoms. The molecule has 5 aromatic heterocycles. The molecule has 353 valence electrons. The van der Waals surface area contributed by atoms with Crippen LogP contribution in [0.3, 0.4) is 0 Å². The second-order valence-electron chi connectivity index (χ2n) is 19.9. The van der Waals surface area contributed by atoms with Crippen molar-refractivity contribution in [2.24, 2.45) is 0 Å². The van der Waals surface area contributed by atoms with Gasteiger partial charge in [0.1, 0.15) is 5.58 Å². The number of para-hydroxylation sites is 2. The Kier molecular flexibility index (Phi) is 12.8. The van der Waals surface area contributed by atoms with Gasteiger partial charge in [-0.05, 0) is 105 Å². The summed E-state index contributed by atoms with van der Waals surface area (Å²) in [5, 5.41) is 5.59. The number of hydrogen-bond acceptors (Lipinski definition) is 5. The Bertz CT molecular complexity index is 3850. The van der Waals surface area contributed by atoms with Crippen LogP contribution in [0, 0.1) is 19.1 Å². The molecule has 0 bridgehead atoms. The molecule has 0 aliphatic carbocycles. The number of aromatic nitrogens is 4. The Balaban J connectivity index is 0.000000196. The molecule has 5 heterocycles. The first-order valence-electron chi connectivity index (χ1n) is 24.2. The Hall–Kier alpha value is -7.22. The SMILES string of the molecule is CC(C)c1cc(-c2ccccc2)cc(C(C)C)c1-n1c(-c2[c-]ccc3c2oc2cc(-c4ccccc4)ccc23)nc2ccccc21.Cc1ccc2c(n1)oc1c(-c3ccc([Si](C)(C)C)cn3)[c-]ccc12.[Ir]. The third-order valence-corrected chi connectivity index (χ3v) is 15.4. The van der Waals surface area contributed by atoms with Gasteiger partial charge in [0.25, 0.3) is 0 Å². The Labute approximate surface area is 429 Å². The van der Waals surface area contributed by atoms with Gasteiger partial charge in [0.2, 0.25) is 5.71 Å². The molecule has 0 N–H and O–H groups in total. The molecule has 0 aliphatic rings. The summed E-state index contributed by atoms with van der Waals surface area (Å²) in [5.41, 5.74) is 17.3. The number of benzene rings is 7. The van der Waals surface area contributed by atoms with Crippen LogP contribution < -0.4 is 5.19 Å². The molecule has 0 aliphatic heterocycles. The van der Waals surface area contributed by atoms with E-state index >= 15 is 0 Å². The third-order valence-electron chi connectivity index (χ3n) is 13.4. The number of aryl methyl sites for hydroxylation is 1. The Morgan fingerprint density at radius 2 is 1.15 bits per heavy atom. The van der Waals surface area contributed by atoms with E-state index < -0.39 is 8.07 Å². The molecule has 8 heteroatoms. The van der Waals surface area contributed by atoms with Crippen LogP contribution in [0.4, 0.5) is 0 Å². The van der Waals surface area contributed by atoms with Crippen molar-refractivity contribution in [2.45, 2.75) is 66.1 Å². The van der Waals surface area contributed by atoms with Gasteiger partial charge in [-0.15, -0.1) is 36.4 Å². The summed E-state index contributed by atoms with van der Waals surface area (Å²) in [5.74, 6) is 1.41. The molecular formula is C63H54IrN4O2Si-2. The normalized spacial score (nSPS) is 11.8. The van der Waals surface area contributed by atoms with Gasteiger partial charge in [-0.25, -0.2) is 4.98 Å². The van der Waals surface area contributed by atoms with E-state index in [1.807, 2.05) is 43.5 Å². The van der Waals surface area contributed by atoms with E-state index in [2.05, 4.69) is 207 Å². The van der Waals surface area contributed by atoms with Crippen LogP contribution in [0.5, 0.6) is 0 Å². The molecule has 6 nitrogen and oxygen atoms in total. The van der Waals surface area contributed by atoms with Crippen molar-refractivity contribution in [1.29, 1.82) is 0 Å². The van der Waals surface area contributed by atoms with Crippen LogP contribution in [0.2, 0.25) is 19.6 Å². The first-order chi connectivity index (χ1) is 33.9. The minimum atomic E-state index is -1.35. The fourth-order valence-electron chi connectivity index (χ4n) is 9.64. The molecule has 0 saturated heterocycles. The number of rotatable bonds is 8. The summed E-state index contributed by atoms with van der Waals surface area (Å²) in [6, 6.07) is 64.1. The van der Waals surface area contributed by atoms with Crippen LogP contribution in [0.25, 0.3) is 106 Å². The van der Waals surface area contributed by atoms with Gasteiger partial charge in [-0.3, -0.25) is 4.98 Å². The first-order valence-corrected chi connectivity index (χ1v) is 27.7. The maximum atomic E-state index is 6.73. The molecular weight excluding hydrogens is 1070 g/mol. The molecule has 0 saturated carbocycles. The second kappa shape index (κ2) is 19.2. The molecule has 0 unspecified atom stereocenters. The van der Waals surface area contributed by atoms with E-state index in [-0.39, 0.29) is 31.9 Å². The summed E-state index contributed by atoms with van der Waals surface area (Å²) >= 11 is 0. The number of furan rings is 2. The van der Waals surface area contributed by atoms with Crippen LogP contribution in [-0.2, 0) is 20.1 Å². The minimum Gasteiger partial charge on any atom is -0.501 e. The van der Waals surface area contributed by atoms with E-state index in [4.69, 9.17) is 13.8 Å². The van der Waals surface area contributed by atoms with Gasteiger partial charge in [0.15, 0.2) is 0 Å². The molecule has 12 rings (SSSR count). The molecule has 0 atom stereocenters.